The first-order valence-electron chi connectivity index (χ1n) is 13.6. The molecule has 5 rings (SSSR count). The summed E-state index contributed by atoms with van der Waals surface area (Å²) in [4.78, 5) is 27.8. The standard InChI is InChI=1S/C32H32ClF2NO5/c1-16-13-25-20(10-11-36(25)30(37)18-8-9-22(33)23(34)14-18)27(26(16)29(31(38)39)41-32(3,4)5)21-15-24(35)28-19(17(21)2)7-6-12-40-28/h8-9,13-15,29H,6-7,10-12H2,1-5H3,(H,38,39). The highest BCUT2D eigenvalue weighted by Crippen LogP contribution is 2.48. The fourth-order valence-corrected chi connectivity index (χ4v) is 5.96. The zero-order valence-corrected chi connectivity index (χ0v) is 24.4. The van der Waals surface area contributed by atoms with Gasteiger partial charge < -0.3 is 19.5 Å². The molecule has 0 aliphatic carbocycles. The van der Waals surface area contributed by atoms with Crippen molar-refractivity contribution in [3.05, 3.63) is 80.4 Å². The number of carboxylic acid groups (broad SMARTS) is 1. The van der Waals surface area contributed by atoms with Gasteiger partial charge in [0.15, 0.2) is 17.7 Å². The Morgan fingerprint density at radius 3 is 2.46 bits per heavy atom. The SMILES string of the molecule is Cc1cc2c(c(-c3cc(F)c4c(c3C)CCCO4)c1C(OC(C)(C)C)C(=O)O)CCN2C(=O)c1ccc(Cl)c(F)c1. The van der Waals surface area contributed by atoms with E-state index >= 15 is 4.39 Å². The summed E-state index contributed by atoms with van der Waals surface area (Å²) in [6, 6.07) is 7.07. The highest BCUT2D eigenvalue weighted by atomic mass is 35.5. The second-order valence-corrected chi connectivity index (χ2v) is 12.0. The van der Waals surface area contributed by atoms with Crippen LogP contribution in [0, 0.1) is 25.5 Å². The van der Waals surface area contributed by atoms with Gasteiger partial charge in [0.2, 0.25) is 0 Å². The molecule has 2 heterocycles. The zero-order valence-electron chi connectivity index (χ0n) is 23.7. The van der Waals surface area contributed by atoms with Gasteiger partial charge in [-0.2, -0.15) is 0 Å². The number of nitrogens with zero attached hydrogens (tertiary/aromatic N) is 1. The van der Waals surface area contributed by atoms with E-state index in [2.05, 4.69) is 0 Å². The molecule has 1 amide bonds. The van der Waals surface area contributed by atoms with Gasteiger partial charge in [0, 0.05) is 28.9 Å². The fourth-order valence-electron chi connectivity index (χ4n) is 5.84. The van der Waals surface area contributed by atoms with E-state index in [1.54, 1.807) is 38.7 Å². The minimum Gasteiger partial charge on any atom is -0.490 e. The molecule has 0 fully saturated rings. The van der Waals surface area contributed by atoms with Crippen LogP contribution in [0.25, 0.3) is 11.1 Å². The molecule has 2 aliphatic rings. The van der Waals surface area contributed by atoms with Gasteiger partial charge in [-0.1, -0.05) is 11.6 Å². The minimum absolute atomic E-state index is 0.0846. The van der Waals surface area contributed by atoms with Crippen molar-refractivity contribution in [3.63, 3.8) is 0 Å². The second kappa shape index (κ2) is 10.7. The number of carboxylic acids is 1. The van der Waals surface area contributed by atoms with Crippen LogP contribution in [-0.2, 0) is 22.4 Å². The van der Waals surface area contributed by atoms with Gasteiger partial charge in [0.05, 0.1) is 17.2 Å². The maximum absolute atomic E-state index is 15.5. The molecule has 1 unspecified atom stereocenters. The Bertz CT molecular complexity index is 1580. The summed E-state index contributed by atoms with van der Waals surface area (Å²) in [5.41, 5.74) is 4.22. The number of halogens is 3. The average molecular weight is 584 g/mol. The summed E-state index contributed by atoms with van der Waals surface area (Å²) in [6.07, 6.45) is 0.402. The van der Waals surface area contributed by atoms with Crippen LogP contribution in [0.5, 0.6) is 5.75 Å². The number of hydrogen-bond donors (Lipinski definition) is 1. The summed E-state index contributed by atoms with van der Waals surface area (Å²) in [5, 5.41) is 10.3. The summed E-state index contributed by atoms with van der Waals surface area (Å²) < 4.78 is 41.5. The van der Waals surface area contributed by atoms with Crippen molar-refractivity contribution in [1.29, 1.82) is 0 Å². The lowest BCUT2D eigenvalue weighted by atomic mass is 9.83. The number of carbonyl (C=O) groups is 2. The van der Waals surface area contributed by atoms with Crippen LogP contribution in [0.4, 0.5) is 14.5 Å². The molecule has 3 aromatic carbocycles. The third kappa shape index (κ3) is 5.31. The highest BCUT2D eigenvalue weighted by molar-refractivity contribution is 6.30. The first kappa shape index (κ1) is 29.0. The first-order chi connectivity index (χ1) is 19.3. The van der Waals surface area contributed by atoms with Crippen molar-refractivity contribution in [2.24, 2.45) is 0 Å². The van der Waals surface area contributed by atoms with Crippen LogP contribution >= 0.6 is 11.6 Å². The number of benzene rings is 3. The third-order valence-electron chi connectivity index (χ3n) is 7.61. The van der Waals surface area contributed by atoms with Crippen molar-refractivity contribution in [1.82, 2.24) is 0 Å². The molecule has 9 heteroatoms. The Balaban J connectivity index is 1.77. The monoisotopic (exact) mass is 583 g/mol. The van der Waals surface area contributed by atoms with Crippen LogP contribution in [0.1, 0.15) is 71.5 Å². The van der Waals surface area contributed by atoms with E-state index in [0.29, 0.717) is 53.0 Å². The second-order valence-electron chi connectivity index (χ2n) is 11.6. The number of carbonyl (C=O) groups excluding carboxylic acids is 1. The summed E-state index contributed by atoms with van der Waals surface area (Å²) in [6.45, 7) is 9.68. The summed E-state index contributed by atoms with van der Waals surface area (Å²) in [7, 11) is 0. The molecule has 41 heavy (non-hydrogen) atoms. The number of aryl methyl sites for hydroxylation is 1. The number of aliphatic carboxylic acids is 1. The largest absolute Gasteiger partial charge is 0.490 e. The van der Waals surface area contributed by atoms with Gasteiger partial charge in [0.1, 0.15) is 5.82 Å². The molecule has 216 valence electrons. The molecule has 0 aromatic heterocycles. The van der Waals surface area contributed by atoms with E-state index in [4.69, 9.17) is 21.1 Å². The number of hydrogen-bond acceptors (Lipinski definition) is 4. The van der Waals surface area contributed by atoms with E-state index in [0.717, 1.165) is 23.6 Å². The Kier molecular flexibility index (Phi) is 7.59. The lowest BCUT2D eigenvalue weighted by Gasteiger charge is -2.30. The molecule has 2 aliphatic heterocycles. The van der Waals surface area contributed by atoms with E-state index < -0.39 is 35.2 Å². The fraction of sp³-hybridized carbons (Fsp3) is 0.375. The smallest absolute Gasteiger partial charge is 0.337 e. The topological polar surface area (TPSA) is 76.1 Å². The number of ether oxygens (including phenoxy) is 2. The third-order valence-corrected chi connectivity index (χ3v) is 7.92. The van der Waals surface area contributed by atoms with Crippen molar-refractivity contribution < 1.29 is 33.0 Å². The molecule has 0 radical (unpaired) electrons. The molecule has 0 saturated carbocycles. The highest BCUT2D eigenvalue weighted by Gasteiger charge is 2.37. The predicted molar refractivity (Wildman–Crippen MR) is 153 cm³/mol. The van der Waals surface area contributed by atoms with E-state index in [1.165, 1.54) is 18.2 Å². The lowest BCUT2D eigenvalue weighted by Crippen LogP contribution is -2.30. The van der Waals surface area contributed by atoms with Gasteiger partial charge in [-0.05, 0) is 112 Å². The quantitative estimate of drug-likeness (QED) is 0.339. The van der Waals surface area contributed by atoms with Crippen LogP contribution in [-0.4, -0.2) is 35.7 Å². The van der Waals surface area contributed by atoms with Crippen molar-refractivity contribution in [3.8, 4) is 16.9 Å². The maximum Gasteiger partial charge on any atom is 0.337 e. The molecule has 0 bridgehead atoms. The van der Waals surface area contributed by atoms with E-state index in [-0.39, 0.29) is 22.9 Å². The molecule has 0 spiro atoms. The first-order valence-corrected chi connectivity index (χ1v) is 14.0. The number of anilines is 1. The number of rotatable bonds is 5. The van der Waals surface area contributed by atoms with Gasteiger partial charge >= 0.3 is 5.97 Å². The molecule has 1 atom stereocenters. The van der Waals surface area contributed by atoms with Crippen LogP contribution < -0.4 is 9.64 Å². The summed E-state index contributed by atoms with van der Waals surface area (Å²) >= 11 is 5.83. The van der Waals surface area contributed by atoms with Crippen LogP contribution in [0.2, 0.25) is 5.02 Å². The van der Waals surface area contributed by atoms with Crippen molar-refractivity contribution in [2.45, 2.75) is 65.6 Å². The molecule has 1 N–H and O–H groups in total. The molecular formula is C32H32ClF2NO5. The maximum atomic E-state index is 15.5. The number of fused-ring (bicyclic) bond motifs is 2. The van der Waals surface area contributed by atoms with Crippen LogP contribution in [0.15, 0.2) is 30.3 Å². The normalized spacial score (nSPS) is 15.3. The summed E-state index contributed by atoms with van der Waals surface area (Å²) in [5.74, 6) is -2.58. The molecular weight excluding hydrogens is 552 g/mol. The molecule has 0 saturated heterocycles. The Labute approximate surface area is 242 Å². The number of amides is 1. The van der Waals surface area contributed by atoms with Crippen molar-refractivity contribution in [2.75, 3.05) is 18.1 Å². The molecule has 3 aromatic rings. The van der Waals surface area contributed by atoms with Gasteiger partial charge in [-0.25, -0.2) is 13.6 Å². The van der Waals surface area contributed by atoms with Crippen molar-refractivity contribution >= 4 is 29.2 Å². The lowest BCUT2D eigenvalue weighted by molar-refractivity contribution is -0.160. The molecule has 6 nitrogen and oxygen atoms in total. The Hall–Kier alpha value is -3.49. The van der Waals surface area contributed by atoms with E-state index in [9.17, 15) is 19.1 Å². The predicted octanol–water partition coefficient (Wildman–Crippen LogP) is 7.37. The van der Waals surface area contributed by atoms with Crippen LogP contribution in [0.3, 0.4) is 0 Å². The Morgan fingerprint density at radius 1 is 1.07 bits per heavy atom. The van der Waals surface area contributed by atoms with Gasteiger partial charge in [0.25, 0.3) is 5.91 Å². The van der Waals surface area contributed by atoms with Gasteiger partial charge in [-0.3, -0.25) is 4.79 Å². The van der Waals surface area contributed by atoms with E-state index in [1.807, 2.05) is 6.92 Å². The van der Waals surface area contributed by atoms with Gasteiger partial charge in [-0.15, -0.1) is 0 Å². The zero-order chi connectivity index (χ0) is 29.8. The minimum atomic E-state index is -1.35. The average Bonchev–Trinajstić information content (AvgIpc) is 3.32. The Morgan fingerprint density at radius 2 is 1.80 bits per heavy atom.